The number of nitrogens with zero attached hydrogens (tertiary/aromatic N) is 1. The van der Waals surface area contributed by atoms with E-state index in [0.29, 0.717) is 11.5 Å². The van der Waals surface area contributed by atoms with E-state index in [2.05, 4.69) is 10.3 Å². The van der Waals surface area contributed by atoms with Gasteiger partial charge in [-0.25, -0.2) is 4.98 Å². The molecule has 1 amide bonds. The van der Waals surface area contributed by atoms with Crippen LogP contribution in [0.3, 0.4) is 0 Å². The molecule has 0 bridgehead atoms. The second-order valence-electron chi connectivity index (χ2n) is 6.15. The van der Waals surface area contributed by atoms with Crippen LogP contribution in [0.2, 0.25) is 0 Å². The van der Waals surface area contributed by atoms with Crippen molar-refractivity contribution in [3.05, 3.63) is 90.1 Å². The van der Waals surface area contributed by atoms with Crippen molar-refractivity contribution in [3.63, 3.8) is 0 Å². The van der Waals surface area contributed by atoms with Crippen LogP contribution in [0, 0.1) is 0 Å². The maximum absolute atomic E-state index is 12.2. The Hall–Kier alpha value is -2.28. The predicted molar refractivity (Wildman–Crippen MR) is 118 cm³/mol. The third-order valence-electron chi connectivity index (χ3n) is 3.93. The zero-order valence-electron chi connectivity index (χ0n) is 15.3. The average Bonchev–Trinajstić information content (AvgIpc) is 2.74. The summed E-state index contributed by atoms with van der Waals surface area (Å²) in [7, 11) is 0. The highest BCUT2D eigenvalue weighted by Crippen LogP contribution is 2.22. The first kappa shape index (κ1) is 20.5. The monoisotopic (exact) mass is 410 g/mol. The molecule has 2 aromatic carbocycles. The largest absolute Gasteiger partial charge is 0.388 e. The van der Waals surface area contributed by atoms with Crippen LogP contribution in [-0.2, 0) is 10.5 Å². The molecule has 28 heavy (non-hydrogen) atoms. The van der Waals surface area contributed by atoms with Gasteiger partial charge in [0.2, 0.25) is 5.91 Å². The van der Waals surface area contributed by atoms with E-state index in [4.69, 9.17) is 0 Å². The molecule has 0 spiro atoms. The summed E-state index contributed by atoms with van der Waals surface area (Å²) in [4.78, 5) is 16.5. The Kier molecular flexibility index (Phi) is 7.96. The minimum absolute atomic E-state index is 0.0696. The van der Waals surface area contributed by atoms with Gasteiger partial charge in [-0.3, -0.25) is 4.79 Å². The molecule has 0 saturated heterocycles. The highest BCUT2D eigenvalue weighted by atomic mass is 32.2. The van der Waals surface area contributed by atoms with Crippen molar-refractivity contribution in [2.75, 3.05) is 16.8 Å². The fourth-order valence-corrected chi connectivity index (χ4v) is 4.16. The zero-order valence-corrected chi connectivity index (χ0v) is 17.0. The number of aromatic nitrogens is 1. The number of thioether (sulfide) groups is 2. The van der Waals surface area contributed by atoms with Gasteiger partial charge in [0.15, 0.2) is 0 Å². The highest BCUT2D eigenvalue weighted by Gasteiger charge is 2.09. The highest BCUT2D eigenvalue weighted by molar-refractivity contribution is 8.00. The third-order valence-corrected chi connectivity index (χ3v) is 5.96. The van der Waals surface area contributed by atoms with Gasteiger partial charge in [-0.05, 0) is 35.4 Å². The Morgan fingerprint density at radius 3 is 2.64 bits per heavy atom. The summed E-state index contributed by atoms with van der Waals surface area (Å²) in [6.07, 6.45) is 1.22. The molecule has 6 heteroatoms. The molecule has 0 radical (unpaired) electrons. The summed E-state index contributed by atoms with van der Waals surface area (Å²) in [5, 5.41) is 14.1. The van der Waals surface area contributed by atoms with E-state index >= 15 is 0 Å². The molecule has 0 aliphatic heterocycles. The van der Waals surface area contributed by atoms with E-state index in [-0.39, 0.29) is 5.91 Å². The van der Waals surface area contributed by atoms with Gasteiger partial charge in [0, 0.05) is 23.4 Å². The summed E-state index contributed by atoms with van der Waals surface area (Å²) in [5.74, 6) is 1.51. The molecule has 0 unspecified atom stereocenters. The molecule has 2 N–H and O–H groups in total. The zero-order chi connectivity index (χ0) is 19.6. The number of hydrogen-bond acceptors (Lipinski definition) is 5. The molecular weight excluding hydrogens is 388 g/mol. The predicted octanol–water partition coefficient (Wildman–Crippen LogP) is 4.78. The first-order valence-electron chi connectivity index (χ1n) is 8.94. The lowest BCUT2D eigenvalue weighted by atomic mass is 10.1. The number of rotatable bonds is 9. The van der Waals surface area contributed by atoms with Gasteiger partial charge in [-0.2, -0.15) is 0 Å². The van der Waals surface area contributed by atoms with E-state index < -0.39 is 6.10 Å². The SMILES string of the molecule is O=C(CSC[C@@H](O)c1ccccc1)Nc1cccc(CSc2ccccn2)c1. The minimum Gasteiger partial charge on any atom is -0.388 e. The standard InChI is InChI=1S/C22H22N2O2S2/c25-20(18-8-2-1-3-9-18)15-27-16-21(26)24-19-10-6-7-17(13-19)14-28-22-11-4-5-12-23-22/h1-13,20,25H,14-16H2,(H,24,26)/t20-/m1/s1. The molecular formula is C22H22N2O2S2. The second-order valence-corrected chi connectivity index (χ2v) is 8.17. The molecule has 144 valence electrons. The number of carbonyl (C=O) groups is 1. The first-order valence-corrected chi connectivity index (χ1v) is 11.1. The molecule has 3 aromatic rings. The third kappa shape index (κ3) is 6.71. The van der Waals surface area contributed by atoms with Gasteiger partial charge in [0.1, 0.15) is 0 Å². The Morgan fingerprint density at radius 1 is 1.04 bits per heavy atom. The van der Waals surface area contributed by atoms with Gasteiger partial charge >= 0.3 is 0 Å². The minimum atomic E-state index is -0.564. The van der Waals surface area contributed by atoms with Crippen molar-refractivity contribution >= 4 is 35.1 Å². The number of aliphatic hydroxyl groups is 1. The smallest absolute Gasteiger partial charge is 0.234 e. The maximum atomic E-state index is 12.2. The van der Waals surface area contributed by atoms with Crippen molar-refractivity contribution in [2.24, 2.45) is 0 Å². The number of amides is 1. The van der Waals surface area contributed by atoms with E-state index in [1.54, 1.807) is 18.0 Å². The topological polar surface area (TPSA) is 62.2 Å². The Labute approximate surface area is 173 Å². The normalized spacial score (nSPS) is 11.8. The Bertz CT molecular complexity index is 876. The van der Waals surface area contributed by atoms with Gasteiger partial charge in [-0.1, -0.05) is 48.5 Å². The van der Waals surface area contributed by atoms with Crippen molar-refractivity contribution in [1.29, 1.82) is 0 Å². The van der Waals surface area contributed by atoms with E-state index in [9.17, 15) is 9.90 Å². The van der Waals surface area contributed by atoms with Gasteiger partial charge in [-0.15, -0.1) is 23.5 Å². The number of pyridine rings is 1. The molecule has 3 rings (SSSR count). The lowest BCUT2D eigenvalue weighted by Gasteiger charge is -2.11. The molecule has 0 aliphatic carbocycles. The van der Waals surface area contributed by atoms with Crippen LogP contribution in [0.25, 0.3) is 0 Å². The molecule has 0 aliphatic rings. The Morgan fingerprint density at radius 2 is 1.86 bits per heavy atom. The summed E-state index contributed by atoms with van der Waals surface area (Å²) in [5.41, 5.74) is 2.78. The van der Waals surface area contributed by atoms with Gasteiger partial charge < -0.3 is 10.4 Å². The van der Waals surface area contributed by atoms with Crippen molar-refractivity contribution in [3.8, 4) is 0 Å². The van der Waals surface area contributed by atoms with Crippen LogP contribution in [0.4, 0.5) is 5.69 Å². The first-order chi connectivity index (χ1) is 13.7. The van der Waals surface area contributed by atoms with Crippen molar-refractivity contribution in [1.82, 2.24) is 4.98 Å². The number of aliphatic hydroxyl groups excluding tert-OH is 1. The molecule has 1 heterocycles. The molecule has 1 aromatic heterocycles. The molecule has 1 atom stereocenters. The van der Waals surface area contributed by atoms with Crippen LogP contribution >= 0.6 is 23.5 Å². The fourth-order valence-electron chi connectivity index (χ4n) is 2.56. The molecule has 0 fully saturated rings. The number of anilines is 1. The van der Waals surface area contributed by atoms with Gasteiger partial charge in [0.05, 0.1) is 16.9 Å². The quantitative estimate of drug-likeness (QED) is 0.497. The average molecular weight is 411 g/mol. The number of carbonyl (C=O) groups excluding carboxylic acids is 1. The van der Waals surface area contributed by atoms with Crippen molar-refractivity contribution in [2.45, 2.75) is 16.9 Å². The Balaban J connectivity index is 1.43. The van der Waals surface area contributed by atoms with E-state index in [0.717, 1.165) is 27.6 Å². The van der Waals surface area contributed by atoms with E-state index in [1.807, 2.05) is 72.8 Å². The number of benzene rings is 2. The van der Waals surface area contributed by atoms with Crippen LogP contribution < -0.4 is 5.32 Å². The summed E-state index contributed by atoms with van der Waals surface area (Å²) in [6, 6.07) is 23.2. The van der Waals surface area contributed by atoms with Gasteiger partial charge in [0.25, 0.3) is 0 Å². The van der Waals surface area contributed by atoms with Crippen LogP contribution in [-0.4, -0.2) is 27.5 Å². The summed E-state index contributed by atoms with van der Waals surface area (Å²) in [6.45, 7) is 0. The summed E-state index contributed by atoms with van der Waals surface area (Å²) >= 11 is 3.08. The molecule has 0 saturated carbocycles. The van der Waals surface area contributed by atoms with E-state index in [1.165, 1.54) is 11.8 Å². The summed E-state index contributed by atoms with van der Waals surface area (Å²) < 4.78 is 0. The second kappa shape index (κ2) is 10.9. The lowest BCUT2D eigenvalue weighted by molar-refractivity contribution is -0.113. The lowest BCUT2D eigenvalue weighted by Crippen LogP contribution is -2.15. The molecule has 4 nitrogen and oxygen atoms in total. The number of nitrogens with one attached hydrogen (secondary N) is 1. The van der Waals surface area contributed by atoms with Crippen LogP contribution in [0.15, 0.2) is 84.0 Å². The van der Waals surface area contributed by atoms with Crippen LogP contribution in [0.5, 0.6) is 0 Å². The van der Waals surface area contributed by atoms with Crippen LogP contribution in [0.1, 0.15) is 17.2 Å². The van der Waals surface area contributed by atoms with Crippen molar-refractivity contribution < 1.29 is 9.90 Å². The maximum Gasteiger partial charge on any atom is 0.234 e. The number of hydrogen-bond donors (Lipinski definition) is 2. The fraction of sp³-hybridized carbons (Fsp3) is 0.182.